The van der Waals surface area contributed by atoms with Crippen LogP contribution in [0.5, 0.6) is 0 Å². The van der Waals surface area contributed by atoms with Crippen molar-refractivity contribution in [3.8, 4) is 0 Å². The lowest BCUT2D eigenvalue weighted by molar-refractivity contribution is -0.157. The van der Waals surface area contributed by atoms with Gasteiger partial charge in [0.15, 0.2) is 0 Å². The Labute approximate surface area is 340 Å². The number of Topliss-reactive ketones (excluding diaryl/α,β-unsaturated/α-hetero) is 1. The SMILES string of the molecule is CC(=O)OC(C)=O.CC(=O)O[C@@H](C)[C@H]1CC[C@H]2[C@@H]3CC=C4OC(=O)CC[C@@]4(C)[C@@H]3CC[C@]12C.C[C@H](O)[C@H]1CC[C@H]2[C@@H]3CCC(=O)[C@@](C)(CCOC=O)[C@@H]3CC[C@]12C. The van der Waals surface area contributed by atoms with Gasteiger partial charge in [0, 0.05) is 50.4 Å². The van der Waals surface area contributed by atoms with Crippen LogP contribution in [0.3, 0.4) is 0 Å². The molecule has 0 radical (unpaired) electrons. The van der Waals surface area contributed by atoms with E-state index in [4.69, 9.17) is 14.2 Å². The molecule has 0 bridgehead atoms. The molecule has 1 N–H and O–H groups in total. The lowest BCUT2D eigenvalue weighted by Crippen LogP contribution is -2.53. The summed E-state index contributed by atoms with van der Waals surface area (Å²) in [6.45, 7) is 18.0. The van der Waals surface area contributed by atoms with Crippen molar-refractivity contribution in [1.82, 2.24) is 0 Å². The molecule has 6 aliphatic carbocycles. The van der Waals surface area contributed by atoms with Crippen LogP contribution in [-0.4, -0.2) is 60.1 Å². The van der Waals surface area contributed by atoms with Crippen LogP contribution in [0.4, 0.5) is 0 Å². The predicted molar refractivity (Wildman–Crippen MR) is 212 cm³/mol. The molecule has 5 saturated carbocycles. The van der Waals surface area contributed by atoms with E-state index >= 15 is 0 Å². The summed E-state index contributed by atoms with van der Waals surface area (Å²) in [4.78, 5) is 66.0. The highest BCUT2D eigenvalue weighted by molar-refractivity contribution is 5.85. The number of carbonyl (C=O) groups is 6. The van der Waals surface area contributed by atoms with Crippen molar-refractivity contribution in [1.29, 1.82) is 0 Å². The zero-order valence-electron chi connectivity index (χ0n) is 36.1. The Morgan fingerprint density at radius 1 is 0.789 bits per heavy atom. The maximum Gasteiger partial charge on any atom is 0.310 e. The predicted octanol–water partition coefficient (Wildman–Crippen LogP) is 8.08. The molecule has 6 fully saturated rings. The summed E-state index contributed by atoms with van der Waals surface area (Å²) in [5, 5.41) is 10.2. The van der Waals surface area contributed by atoms with Gasteiger partial charge in [0.25, 0.3) is 6.47 Å². The second-order valence-corrected chi connectivity index (χ2v) is 19.6. The molecule has 320 valence electrons. The van der Waals surface area contributed by atoms with E-state index in [1.165, 1.54) is 46.5 Å². The second-order valence-electron chi connectivity index (χ2n) is 19.6. The van der Waals surface area contributed by atoms with Gasteiger partial charge in [-0.25, -0.2) is 0 Å². The van der Waals surface area contributed by atoms with Crippen molar-refractivity contribution in [3.05, 3.63) is 11.8 Å². The third kappa shape index (κ3) is 8.79. The standard InChI is InChI=1S/C22H32O4.C20H32O4.C4H6O3/c1-13(25-14(2)23)16-6-7-17-15-5-8-19-22(4,12-10-20(24)26-19)18(15)9-11-21(16,17)3;1-13(22)15-5-6-16-14-4-7-18(23)20(3,10-11-24-12-21)17(14)8-9-19(15,16)2;1-3(5)7-4(2)6/h8,13,15-18H,5-7,9-12H2,1-4H3;12-17,22H,4-11H2,1-3H3;1-2H3/t13-,15-,16+,17-,18+,21+,22-;13-,14-,15+,16-,17+,19+,20-;/m00./s1. The molecule has 1 aliphatic heterocycles. The number of esters is 4. The van der Waals surface area contributed by atoms with Gasteiger partial charge in [-0.2, -0.15) is 0 Å². The van der Waals surface area contributed by atoms with Gasteiger partial charge in [-0.15, -0.1) is 0 Å². The van der Waals surface area contributed by atoms with Crippen LogP contribution in [0.1, 0.15) is 152 Å². The molecule has 11 heteroatoms. The van der Waals surface area contributed by atoms with Gasteiger partial charge >= 0.3 is 23.9 Å². The van der Waals surface area contributed by atoms with Gasteiger partial charge in [-0.05, 0) is 149 Å². The fourth-order valence-electron chi connectivity index (χ4n) is 14.2. The average Bonchev–Trinajstić information content (AvgIpc) is 3.67. The number of ketones is 1. The minimum absolute atomic E-state index is 0.0000317. The third-order valence-corrected chi connectivity index (χ3v) is 16.8. The summed E-state index contributed by atoms with van der Waals surface area (Å²) >= 11 is 0. The zero-order valence-corrected chi connectivity index (χ0v) is 36.1. The lowest BCUT2D eigenvalue weighted by atomic mass is 9.48. The van der Waals surface area contributed by atoms with E-state index < -0.39 is 11.9 Å². The molecule has 11 nitrogen and oxygen atoms in total. The van der Waals surface area contributed by atoms with E-state index in [0.29, 0.717) is 85.5 Å². The first-order valence-corrected chi connectivity index (χ1v) is 21.8. The fourth-order valence-corrected chi connectivity index (χ4v) is 14.2. The number of hydrogen-bond acceptors (Lipinski definition) is 11. The van der Waals surface area contributed by atoms with Gasteiger partial charge in [0.1, 0.15) is 17.6 Å². The number of fused-ring (bicyclic) bond motifs is 8. The minimum atomic E-state index is -0.562. The molecular formula is C46H70O11. The molecule has 14 atom stereocenters. The Morgan fingerprint density at radius 2 is 1.39 bits per heavy atom. The molecule has 7 rings (SSSR count). The summed E-state index contributed by atoms with van der Waals surface area (Å²) < 4.78 is 20.1. The van der Waals surface area contributed by atoms with Gasteiger partial charge in [-0.1, -0.05) is 27.7 Å². The third-order valence-electron chi connectivity index (χ3n) is 16.8. The number of ether oxygens (including phenoxy) is 4. The molecule has 1 saturated heterocycles. The molecule has 0 aromatic rings. The molecule has 0 aromatic carbocycles. The smallest absolute Gasteiger partial charge is 0.310 e. The average molecular weight is 799 g/mol. The number of aliphatic hydroxyl groups is 1. The molecule has 0 spiro atoms. The van der Waals surface area contributed by atoms with E-state index in [1.807, 2.05) is 6.92 Å². The van der Waals surface area contributed by atoms with Crippen molar-refractivity contribution in [2.45, 2.75) is 164 Å². The van der Waals surface area contributed by atoms with E-state index in [9.17, 15) is 33.9 Å². The van der Waals surface area contributed by atoms with Crippen LogP contribution in [0.2, 0.25) is 0 Å². The Hall–Kier alpha value is -3.08. The quantitative estimate of drug-likeness (QED) is 0.0872. The largest absolute Gasteiger partial charge is 0.468 e. The highest BCUT2D eigenvalue weighted by Crippen LogP contribution is 2.67. The molecule has 0 aromatic heterocycles. The highest BCUT2D eigenvalue weighted by atomic mass is 16.6. The molecule has 1 heterocycles. The fraction of sp³-hybridized carbons (Fsp3) is 0.826. The highest BCUT2D eigenvalue weighted by Gasteiger charge is 2.62. The Bertz CT molecular complexity index is 1560. The van der Waals surface area contributed by atoms with Crippen molar-refractivity contribution >= 4 is 36.1 Å². The Morgan fingerprint density at radius 3 is 1.96 bits per heavy atom. The van der Waals surface area contributed by atoms with E-state index in [0.717, 1.165) is 50.7 Å². The van der Waals surface area contributed by atoms with Crippen LogP contribution in [-0.2, 0) is 47.7 Å². The van der Waals surface area contributed by atoms with Crippen molar-refractivity contribution in [2.75, 3.05) is 6.61 Å². The van der Waals surface area contributed by atoms with Crippen molar-refractivity contribution in [3.63, 3.8) is 0 Å². The molecule has 7 aliphatic rings. The van der Waals surface area contributed by atoms with Gasteiger partial charge in [0.05, 0.1) is 12.7 Å². The van der Waals surface area contributed by atoms with Crippen LogP contribution in [0.25, 0.3) is 0 Å². The Kier molecular flexibility index (Phi) is 13.9. The first-order valence-electron chi connectivity index (χ1n) is 21.8. The zero-order chi connectivity index (χ0) is 42.1. The van der Waals surface area contributed by atoms with E-state index in [1.54, 1.807) is 0 Å². The summed E-state index contributed by atoms with van der Waals surface area (Å²) in [6, 6.07) is 0. The maximum absolute atomic E-state index is 12.7. The van der Waals surface area contributed by atoms with Crippen molar-refractivity contribution in [2.24, 2.45) is 69.0 Å². The first-order chi connectivity index (χ1) is 26.7. The summed E-state index contributed by atoms with van der Waals surface area (Å²) in [6.07, 6.45) is 16.0. The number of hydrogen-bond donors (Lipinski definition) is 1. The van der Waals surface area contributed by atoms with Gasteiger partial charge < -0.3 is 24.1 Å². The number of rotatable bonds is 7. The number of allylic oxidation sites excluding steroid dienone is 2. The Balaban J connectivity index is 0.000000187. The molecule has 0 amide bonds. The van der Waals surface area contributed by atoms with Crippen LogP contribution < -0.4 is 0 Å². The van der Waals surface area contributed by atoms with Crippen molar-refractivity contribution < 1.29 is 52.8 Å². The minimum Gasteiger partial charge on any atom is -0.468 e. The molecule has 0 unspecified atom stereocenters. The summed E-state index contributed by atoms with van der Waals surface area (Å²) in [5.41, 5.74) is 0.146. The maximum atomic E-state index is 12.7. The van der Waals surface area contributed by atoms with E-state index in [2.05, 4.69) is 45.4 Å². The monoisotopic (exact) mass is 798 g/mol. The van der Waals surface area contributed by atoms with Gasteiger partial charge in [0.2, 0.25) is 0 Å². The van der Waals surface area contributed by atoms with Crippen LogP contribution >= 0.6 is 0 Å². The first kappa shape index (κ1) is 45.0. The summed E-state index contributed by atoms with van der Waals surface area (Å²) in [7, 11) is 0. The number of aliphatic hydroxyl groups excluding tert-OH is 1. The topological polar surface area (TPSA) is 160 Å². The number of carbonyl (C=O) groups excluding carboxylic acids is 6. The van der Waals surface area contributed by atoms with E-state index in [-0.39, 0.29) is 45.8 Å². The lowest BCUT2D eigenvalue weighted by Gasteiger charge is -2.56. The van der Waals surface area contributed by atoms with Gasteiger partial charge in [-0.3, -0.25) is 28.8 Å². The normalized spacial score (nSPS) is 41.1. The van der Waals surface area contributed by atoms with Crippen LogP contribution in [0.15, 0.2) is 11.8 Å². The molecule has 57 heavy (non-hydrogen) atoms. The van der Waals surface area contributed by atoms with Crippen LogP contribution in [0, 0.1) is 69.0 Å². The second kappa shape index (κ2) is 17.6. The molecular weight excluding hydrogens is 728 g/mol. The summed E-state index contributed by atoms with van der Waals surface area (Å²) in [5.74, 6) is 4.34.